The van der Waals surface area contributed by atoms with Gasteiger partial charge in [-0.3, -0.25) is 0 Å². The lowest BCUT2D eigenvalue weighted by atomic mass is 10.2. The maximum atomic E-state index is 10.7. The second kappa shape index (κ2) is 6.96. The summed E-state index contributed by atoms with van der Waals surface area (Å²) in [5.74, 6) is 0.153. The van der Waals surface area contributed by atoms with Gasteiger partial charge in [0.05, 0.1) is 18.6 Å². The number of hydrogen-bond donors (Lipinski definition) is 2. The average Bonchev–Trinajstić information content (AvgIpc) is 2.36. The second-order valence-corrected chi connectivity index (χ2v) is 4.08. The third-order valence-electron chi connectivity index (χ3n) is 2.17. The van der Waals surface area contributed by atoms with E-state index in [-0.39, 0.29) is 4.91 Å². The van der Waals surface area contributed by atoms with E-state index in [2.05, 4.69) is 12.6 Å². The zero-order chi connectivity index (χ0) is 13.5. The molecule has 0 aliphatic rings. The summed E-state index contributed by atoms with van der Waals surface area (Å²) >= 11 is 3.87. The average molecular weight is 268 g/mol. The number of carboxylic acid groups (broad SMARTS) is 1. The van der Waals surface area contributed by atoms with Crippen LogP contribution in [0.5, 0.6) is 11.5 Å². The SMILES string of the molecule is CCCOc1ccc(C=C(S)C(=O)O)cc1OC. The molecule has 0 fully saturated rings. The van der Waals surface area contributed by atoms with Gasteiger partial charge in [-0.15, -0.1) is 12.6 Å². The molecule has 0 radical (unpaired) electrons. The molecule has 0 saturated carbocycles. The van der Waals surface area contributed by atoms with Crippen LogP contribution < -0.4 is 9.47 Å². The van der Waals surface area contributed by atoms with E-state index in [9.17, 15) is 4.79 Å². The predicted molar refractivity (Wildman–Crippen MR) is 73.4 cm³/mol. The van der Waals surface area contributed by atoms with Gasteiger partial charge in [0.2, 0.25) is 0 Å². The summed E-state index contributed by atoms with van der Waals surface area (Å²) in [6.07, 6.45) is 2.36. The smallest absolute Gasteiger partial charge is 0.341 e. The van der Waals surface area contributed by atoms with Crippen molar-refractivity contribution in [2.45, 2.75) is 13.3 Å². The Kier molecular flexibility index (Phi) is 5.58. The molecule has 0 unspecified atom stereocenters. The zero-order valence-electron chi connectivity index (χ0n) is 10.3. The van der Waals surface area contributed by atoms with Gasteiger partial charge < -0.3 is 14.6 Å². The van der Waals surface area contributed by atoms with Crippen molar-refractivity contribution in [3.63, 3.8) is 0 Å². The summed E-state index contributed by atoms with van der Waals surface area (Å²) in [7, 11) is 1.54. The lowest BCUT2D eigenvalue weighted by molar-refractivity contribution is -0.131. The summed E-state index contributed by atoms with van der Waals surface area (Å²) in [6.45, 7) is 2.63. The molecule has 1 N–H and O–H groups in total. The first-order chi connectivity index (χ1) is 8.58. The molecule has 0 spiro atoms. The summed E-state index contributed by atoms with van der Waals surface area (Å²) in [5.41, 5.74) is 0.697. The third-order valence-corrected chi connectivity index (χ3v) is 2.49. The number of benzene rings is 1. The molecule has 0 aliphatic heterocycles. The number of aliphatic carboxylic acids is 1. The van der Waals surface area contributed by atoms with Crippen LogP contribution in [0.15, 0.2) is 23.1 Å². The van der Waals surface area contributed by atoms with E-state index in [1.54, 1.807) is 25.3 Å². The molecule has 0 heterocycles. The first-order valence-corrected chi connectivity index (χ1v) is 5.98. The molecule has 4 nitrogen and oxygen atoms in total. The highest BCUT2D eigenvalue weighted by Gasteiger charge is 2.06. The lowest BCUT2D eigenvalue weighted by Gasteiger charge is -2.10. The van der Waals surface area contributed by atoms with Crippen LogP contribution in [0.2, 0.25) is 0 Å². The first-order valence-electron chi connectivity index (χ1n) is 5.53. The highest BCUT2D eigenvalue weighted by Crippen LogP contribution is 2.29. The van der Waals surface area contributed by atoms with Crippen molar-refractivity contribution >= 4 is 24.7 Å². The van der Waals surface area contributed by atoms with Gasteiger partial charge in [-0.25, -0.2) is 4.79 Å². The van der Waals surface area contributed by atoms with Crippen molar-refractivity contribution in [3.05, 3.63) is 28.7 Å². The summed E-state index contributed by atoms with van der Waals surface area (Å²) in [5, 5.41) is 8.74. The minimum atomic E-state index is -1.07. The van der Waals surface area contributed by atoms with Crippen LogP contribution in [-0.2, 0) is 4.79 Å². The van der Waals surface area contributed by atoms with Gasteiger partial charge in [0, 0.05) is 0 Å². The molecule has 1 aromatic carbocycles. The van der Waals surface area contributed by atoms with E-state index in [1.807, 2.05) is 6.92 Å². The highest BCUT2D eigenvalue weighted by atomic mass is 32.1. The van der Waals surface area contributed by atoms with Gasteiger partial charge in [0.1, 0.15) is 0 Å². The Labute approximate surface area is 112 Å². The van der Waals surface area contributed by atoms with Crippen molar-refractivity contribution in [1.29, 1.82) is 0 Å². The van der Waals surface area contributed by atoms with E-state index in [1.165, 1.54) is 6.08 Å². The molecule has 18 heavy (non-hydrogen) atoms. The fourth-order valence-electron chi connectivity index (χ4n) is 1.32. The second-order valence-electron chi connectivity index (χ2n) is 3.59. The number of methoxy groups -OCH3 is 1. The molecule has 5 heteroatoms. The number of thiol groups is 1. The largest absolute Gasteiger partial charge is 0.493 e. The molecule has 1 rings (SSSR count). The Balaban J connectivity index is 2.98. The number of carboxylic acids is 1. The van der Waals surface area contributed by atoms with Crippen molar-refractivity contribution < 1.29 is 19.4 Å². The number of ether oxygens (including phenoxy) is 2. The maximum Gasteiger partial charge on any atom is 0.341 e. The lowest BCUT2D eigenvalue weighted by Crippen LogP contribution is -1.98. The van der Waals surface area contributed by atoms with E-state index >= 15 is 0 Å². The molecular formula is C13H16O4S. The van der Waals surface area contributed by atoms with E-state index < -0.39 is 5.97 Å². The normalized spacial score (nSPS) is 11.2. The topological polar surface area (TPSA) is 55.8 Å². The maximum absolute atomic E-state index is 10.7. The van der Waals surface area contributed by atoms with E-state index in [0.29, 0.717) is 23.7 Å². The summed E-state index contributed by atoms with van der Waals surface area (Å²) in [6, 6.07) is 5.22. The van der Waals surface area contributed by atoms with Crippen LogP contribution in [-0.4, -0.2) is 24.8 Å². The minimum absolute atomic E-state index is 0.0284. The predicted octanol–water partition coefficient (Wildman–Crippen LogP) is 2.84. The van der Waals surface area contributed by atoms with Crippen molar-refractivity contribution in [3.8, 4) is 11.5 Å². The Morgan fingerprint density at radius 2 is 2.17 bits per heavy atom. The van der Waals surface area contributed by atoms with Crippen LogP contribution in [0.3, 0.4) is 0 Å². The van der Waals surface area contributed by atoms with Crippen LogP contribution in [0.25, 0.3) is 6.08 Å². The van der Waals surface area contributed by atoms with Crippen LogP contribution in [0, 0.1) is 0 Å². The molecule has 0 aromatic heterocycles. The fraction of sp³-hybridized carbons (Fsp3) is 0.308. The van der Waals surface area contributed by atoms with Crippen LogP contribution in [0.4, 0.5) is 0 Å². The minimum Gasteiger partial charge on any atom is -0.493 e. The Morgan fingerprint density at radius 1 is 1.44 bits per heavy atom. The molecule has 0 aliphatic carbocycles. The van der Waals surface area contributed by atoms with Gasteiger partial charge in [-0.2, -0.15) is 0 Å². The quantitative estimate of drug-likeness (QED) is 0.615. The molecule has 0 bridgehead atoms. The number of hydrogen-bond acceptors (Lipinski definition) is 4. The molecule has 1 aromatic rings. The van der Waals surface area contributed by atoms with Gasteiger partial charge in [-0.1, -0.05) is 13.0 Å². The zero-order valence-corrected chi connectivity index (χ0v) is 11.2. The van der Waals surface area contributed by atoms with Crippen molar-refractivity contribution in [2.24, 2.45) is 0 Å². The van der Waals surface area contributed by atoms with Gasteiger partial charge in [0.15, 0.2) is 11.5 Å². The molecule has 98 valence electrons. The molecule has 0 atom stereocenters. The van der Waals surface area contributed by atoms with Crippen molar-refractivity contribution in [2.75, 3.05) is 13.7 Å². The Morgan fingerprint density at radius 3 is 2.72 bits per heavy atom. The summed E-state index contributed by atoms with van der Waals surface area (Å²) in [4.78, 5) is 10.6. The standard InChI is InChI=1S/C13H16O4S/c1-3-6-17-10-5-4-9(7-11(10)16-2)8-12(18)13(14)15/h4-5,7-8,18H,3,6H2,1-2H3,(H,14,15). The molecular weight excluding hydrogens is 252 g/mol. The molecule has 0 saturated heterocycles. The fourth-order valence-corrected chi connectivity index (χ4v) is 1.47. The monoisotopic (exact) mass is 268 g/mol. The Hall–Kier alpha value is -1.62. The van der Waals surface area contributed by atoms with E-state index in [4.69, 9.17) is 14.6 Å². The summed E-state index contributed by atoms with van der Waals surface area (Å²) < 4.78 is 10.7. The Bertz CT molecular complexity index is 454. The van der Waals surface area contributed by atoms with Crippen LogP contribution in [0.1, 0.15) is 18.9 Å². The number of rotatable bonds is 6. The highest BCUT2D eigenvalue weighted by molar-refractivity contribution is 7.85. The number of carbonyl (C=O) groups is 1. The van der Waals surface area contributed by atoms with E-state index in [0.717, 1.165) is 6.42 Å². The first kappa shape index (κ1) is 14.4. The van der Waals surface area contributed by atoms with Gasteiger partial charge in [0.25, 0.3) is 0 Å². The van der Waals surface area contributed by atoms with Gasteiger partial charge >= 0.3 is 5.97 Å². The van der Waals surface area contributed by atoms with Crippen molar-refractivity contribution in [1.82, 2.24) is 0 Å². The van der Waals surface area contributed by atoms with Crippen LogP contribution >= 0.6 is 12.6 Å². The molecule has 0 amide bonds. The third kappa shape index (κ3) is 4.00. The van der Waals surface area contributed by atoms with Gasteiger partial charge in [-0.05, 0) is 30.2 Å².